The number of rotatable bonds is 5. The van der Waals surface area contributed by atoms with E-state index in [9.17, 15) is 9.90 Å². The summed E-state index contributed by atoms with van der Waals surface area (Å²) >= 11 is 3.42. The van der Waals surface area contributed by atoms with E-state index < -0.39 is 0 Å². The van der Waals surface area contributed by atoms with Crippen LogP contribution in [0.25, 0.3) is 0 Å². The van der Waals surface area contributed by atoms with E-state index in [0.29, 0.717) is 12.2 Å². The molecular weight excluding hydrogens is 332 g/mol. The molecule has 0 fully saturated rings. The highest BCUT2D eigenvalue weighted by atomic mass is 79.9. The fraction of sp³-hybridized carbons (Fsp3) is 0.188. The largest absolute Gasteiger partial charge is 0.506 e. The maximum atomic E-state index is 12.3. The fourth-order valence-corrected chi connectivity index (χ4v) is 2.52. The molecule has 0 atom stereocenters. The molecule has 1 amide bonds. The van der Waals surface area contributed by atoms with Crippen LogP contribution in [0.2, 0.25) is 0 Å². The van der Waals surface area contributed by atoms with Gasteiger partial charge in [0.1, 0.15) is 5.75 Å². The molecule has 0 unspecified atom stereocenters. The molecule has 2 rings (SSSR count). The second-order valence-electron chi connectivity index (χ2n) is 4.64. The van der Waals surface area contributed by atoms with Gasteiger partial charge in [-0.15, -0.1) is 0 Å². The van der Waals surface area contributed by atoms with Crippen molar-refractivity contribution >= 4 is 27.5 Å². The van der Waals surface area contributed by atoms with Crippen LogP contribution in [0.5, 0.6) is 5.75 Å². The van der Waals surface area contributed by atoms with E-state index in [4.69, 9.17) is 5.73 Å². The summed E-state index contributed by atoms with van der Waals surface area (Å²) in [4.78, 5) is 13.9. The molecule has 0 aromatic heterocycles. The summed E-state index contributed by atoms with van der Waals surface area (Å²) in [7, 11) is 0. The lowest BCUT2D eigenvalue weighted by Crippen LogP contribution is -2.31. The zero-order valence-corrected chi connectivity index (χ0v) is 13.1. The van der Waals surface area contributed by atoms with Crippen LogP contribution in [0.3, 0.4) is 0 Å². The van der Waals surface area contributed by atoms with Crippen molar-refractivity contribution in [3.63, 3.8) is 0 Å². The summed E-state index contributed by atoms with van der Waals surface area (Å²) in [6, 6.07) is 14.5. The third kappa shape index (κ3) is 4.06. The van der Waals surface area contributed by atoms with Crippen molar-refractivity contribution in [2.24, 2.45) is 5.73 Å². The summed E-state index contributed by atoms with van der Waals surface area (Å²) in [5.74, 6) is -0.0307. The lowest BCUT2D eigenvalue weighted by Gasteiger charge is -2.23. The molecule has 0 aliphatic heterocycles. The molecule has 0 spiro atoms. The topological polar surface area (TPSA) is 66.6 Å². The van der Waals surface area contributed by atoms with E-state index >= 15 is 0 Å². The Labute approximate surface area is 132 Å². The van der Waals surface area contributed by atoms with E-state index in [1.807, 2.05) is 24.3 Å². The number of carbonyl (C=O) groups is 1. The van der Waals surface area contributed by atoms with Crippen molar-refractivity contribution in [2.75, 3.05) is 11.4 Å². The lowest BCUT2D eigenvalue weighted by molar-refractivity contribution is -0.118. The molecular formula is C16H17BrN2O2. The van der Waals surface area contributed by atoms with Gasteiger partial charge in [0.15, 0.2) is 0 Å². The minimum Gasteiger partial charge on any atom is -0.506 e. The van der Waals surface area contributed by atoms with Crippen molar-refractivity contribution in [3.8, 4) is 5.75 Å². The predicted octanol–water partition coefficient (Wildman–Crippen LogP) is 3.04. The van der Waals surface area contributed by atoms with Gasteiger partial charge in [0.25, 0.3) is 0 Å². The number of nitrogens with two attached hydrogens (primary N) is 1. The van der Waals surface area contributed by atoms with Gasteiger partial charge in [-0.2, -0.15) is 0 Å². The van der Waals surface area contributed by atoms with Gasteiger partial charge in [-0.3, -0.25) is 4.79 Å². The Morgan fingerprint density at radius 3 is 2.62 bits per heavy atom. The number of hydrogen-bond acceptors (Lipinski definition) is 3. The molecule has 0 bridgehead atoms. The third-order valence-electron chi connectivity index (χ3n) is 3.06. The van der Waals surface area contributed by atoms with Gasteiger partial charge in [0, 0.05) is 17.4 Å². The summed E-state index contributed by atoms with van der Waals surface area (Å²) in [5.41, 5.74) is 6.95. The van der Waals surface area contributed by atoms with Gasteiger partial charge in [-0.1, -0.05) is 40.2 Å². The van der Waals surface area contributed by atoms with E-state index in [0.717, 1.165) is 10.0 Å². The second kappa shape index (κ2) is 7.24. The Hall–Kier alpha value is -1.85. The molecule has 0 aliphatic carbocycles. The number of halogens is 1. The quantitative estimate of drug-likeness (QED) is 0.872. The third-order valence-corrected chi connectivity index (χ3v) is 3.55. The first-order valence-electron chi connectivity index (χ1n) is 6.64. The predicted molar refractivity (Wildman–Crippen MR) is 87.1 cm³/mol. The van der Waals surface area contributed by atoms with Crippen LogP contribution in [-0.4, -0.2) is 17.6 Å². The number of phenolic OH excluding ortho intramolecular Hbond substituents is 1. The molecule has 0 saturated carbocycles. The summed E-state index contributed by atoms with van der Waals surface area (Å²) < 4.78 is 0.948. The molecule has 110 valence electrons. The van der Waals surface area contributed by atoms with Crippen LogP contribution in [-0.2, 0) is 11.3 Å². The molecule has 0 saturated heterocycles. The maximum Gasteiger partial charge on any atom is 0.228 e. The van der Waals surface area contributed by atoms with Crippen LogP contribution in [0.1, 0.15) is 12.0 Å². The van der Waals surface area contributed by atoms with Gasteiger partial charge in [-0.25, -0.2) is 0 Å². The highest BCUT2D eigenvalue weighted by molar-refractivity contribution is 9.10. The van der Waals surface area contributed by atoms with Gasteiger partial charge in [0.05, 0.1) is 12.2 Å². The van der Waals surface area contributed by atoms with Gasteiger partial charge in [-0.05, 0) is 29.8 Å². The highest BCUT2D eigenvalue weighted by Gasteiger charge is 2.18. The maximum absolute atomic E-state index is 12.3. The average molecular weight is 349 g/mol. The van der Waals surface area contributed by atoms with Gasteiger partial charge < -0.3 is 15.7 Å². The molecule has 3 N–H and O–H groups in total. The number of hydrogen-bond donors (Lipinski definition) is 2. The van der Waals surface area contributed by atoms with E-state index in [1.165, 1.54) is 0 Å². The van der Waals surface area contributed by atoms with Crippen molar-refractivity contribution < 1.29 is 9.90 Å². The van der Waals surface area contributed by atoms with Crippen molar-refractivity contribution in [2.45, 2.75) is 13.0 Å². The SMILES string of the molecule is NCCC(=O)N(Cc1cccc(Br)c1)c1ccccc1O. The Bertz CT molecular complexity index is 631. The molecule has 0 radical (unpaired) electrons. The molecule has 2 aromatic carbocycles. The van der Waals surface area contributed by atoms with Crippen LogP contribution < -0.4 is 10.6 Å². The number of benzene rings is 2. The highest BCUT2D eigenvalue weighted by Crippen LogP contribution is 2.28. The molecule has 5 heteroatoms. The number of para-hydroxylation sites is 2. The average Bonchev–Trinajstić information content (AvgIpc) is 2.46. The first-order valence-corrected chi connectivity index (χ1v) is 7.44. The smallest absolute Gasteiger partial charge is 0.228 e. The number of anilines is 1. The van der Waals surface area contributed by atoms with Gasteiger partial charge in [0.2, 0.25) is 5.91 Å². The molecule has 2 aromatic rings. The Kier molecular flexibility index (Phi) is 5.36. The van der Waals surface area contributed by atoms with Crippen LogP contribution in [0, 0.1) is 0 Å². The zero-order chi connectivity index (χ0) is 15.2. The Balaban J connectivity index is 2.33. The zero-order valence-electron chi connectivity index (χ0n) is 11.5. The first-order chi connectivity index (χ1) is 10.1. The molecule has 0 aliphatic rings. The number of carbonyl (C=O) groups excluding carboxylic acids is 1. The first kappa shape index (κ1) is 15.5. The molecule has 21 heavy (non-hydrogen) atoms. The monoisotopic (exact) mass is 348 g/mol. The minimum atomic E-state index is -0.112. The minimum absolute atomic E-state index is 0.0814. The Morgan fingerprint density at radius 1 is 1.19 bits per heavy atom. The fourth-order valence-electron chi connectivity index (χ4n) is 2.08. The summed E-state index contributed by atoms with van der Waals surface area (Å²) in [6.45, 7) is 0.664. The van der Waals surface area contributed by atoms with Crippen LogP contribution >= 0.6 is 15.9 Å². The summed E-state index contributed by atoms with van der Waals surface area (Å²) in [5, 5.41) is 10.00. The number of phenols is 1. The van der Waals surface area contributed by atoms with Crippen molar-refractivity contribution in [1.29, 1.82) is 0 Å². The van der Waals surface area contributed by atoms with Crippen LogP contribution in [0.15, 0.2) is 53.0 Å². The number of nitrogens with zero attached hydrogens (tertiary/aromatic N) is 1. The van der Waals surface area contributed by atoms with E-state index in [1.54, 1.807) is 29.2 Å². The number of amides is 1. The molecule has 4 nitrogen and oxygen atoms in total. The lowest BCUT2D eigenvalue weighted by atomic mass is 10.1. The standard InChI is InChI=1S/C16H17BrN2O2/c17-13-5-3-4-12(10-13)11-19(16(21)8-9-18)14-6-1-2-7-15(14)20/h1-7,10,20H,8-9,11,18H2. The molecule has 0 heterocycles. The van der Waals surface area contributed by atoms with Crippen LogP contribution in [0.4, 0.5) is 5.69 Å². The summed E-state index contributed by atoms with van der Waals surface area (Å²) in [6.07, 6.45) is 0.238. The number of aromatic hydroxyl groups is 1. The normalized spacial score (nSPS) is 10.4. The van der Waals surface area contributed by atoms with Crippen molar-refractivity contribution in [1.82, 2.24) is 0 Å². The Morgan fingerprint density at radius 2 is 1.95 bits per heavy atom. The van der Waals surface area contributed by atoms with E-state index in [-0.39, 0.29) is 24.6 Å². The van der Waals surface area contributed by atoms with Crippen molar-refractivity contribution in [3.05, 3.63) is 58.6 Å². The van der Waals surface area contributed by atoms with Gasteiger partial charge >= 0.3 is 0 Å². The second-order valence-corrected chi connectivity index (χ2v) is 5.55. The van der Waals surface area contributed by atoms with E-state index in [2.05, 4.69) is 15.9 Å².